The van der Waals surface area contributed by atoms with Crippen LogP contribution in [0.1, 0.15) is 26.7 Å². The molecule has 1 aromatic carbocycles. The highest BCUT2D eigenvalue weighted by molar-refractivity contribution is 7.89. The summed E-state index contributed by atoms with van der Waals surface area (Å²) in [6, 6.07) is 5.89. The molecule has 0 aliphatic heterocycles. The van der Waals surface area contributed by atoms with Gasteiger partial charge in [-0.05, 0) is 37.6 Å². The normalized spacial score (nSPS) is 11.0. The van der Waals surface area contributed by atoms with E-state index in [1.165, 1.54) is 31.4 Å². The molecule has 0 bridgehead atoms. The second-order valence-corrected chi connectivity index (χ2v) is 6.17. The van der Waals surface area contributed by atoms with Gasteiger partial charge in [0.25, 0.3) is 10.0 Å². The van der Waals surface area contributed by atoms with E-state index in [1.54, 1.807) is 6.92 Å². The number of rotatable bonds is 7. The van der Waals surface area contributed by atoms with Crippen molar-refractivity contribution in [3.63, 3.8) is 0 Å². The van der Waals surface area contributed by atoms with E-state index in [4.69, 9.17) is 9.47 Å². The van der Waals surface area contributed by atoms with E-state index in [2.05, 4.69) is 0 Å². The SMILES string of the molecule is CCCCN(C(=O)OCC)S(=O)(=O)c1ccc(OC)cc1. The third kappa shape index (κ3) is 4.35. The summed E-state index contributed by atoms with van der Waals surface area (Å²) in [4.78, 5) is 11.9. The Hall–Kier alpha value is -1.76. The zero-order valence-corrected chi connectivity index (χ0v) is 13.4. The lowest BCUT2D eigenvalue weighted by molar-refractivity contribution is 0.130. The van der Waals surface area contributed by atoms with E-state index in [9.17, 15) is 13.2 Å². The van der Waals surface area contributed by atoms with Crippen molar-refractivity contribution in [1.82, 2.24) is 4.31 Å². The topological polar surface area (TPSA) is 72.9 Å². The van der Waals surface area contributed by atoms with E-state index < -0.39 is 16.1 Å². The van der Waals surface area contributed by atoms with Crippen LogP contribution < -0.4 is 4.74 Å². The van der Waals surface area contributed by atoms with Crippen LogP contribution in [0.3, 0.4) is 0 Å². The average Bonchev–Trinajstić information content (AvgIpc) is 2.47. The van der Waals surface area contributed by atoms with Crippen LogP contribution in [0.25, 0.3) is 0 Å². The number of nitrogens with zero attached hydrogens (tertiary/aromatic N) is 1. The molecule has 0 atom stereocenters. The summed E-state index contributed by atoms with van der Waals surface area (Å²) in [7, 11) is -2.42. The maximum atomic E-state index is 12.5. The number of ether oxygens (including phenoxy) is 2. The van der Waals surface area contributed by atoms with Crippen molar-refractivity contribution in [3.8, 4) is 5.75 Å². The lowest BCUT2D eigenvalue weighted by Crippen LogP contribution is -2.38. The van der Waals surface area contributed by atoms with Crippen LogP contribution in [0, 0.1) is 0 Å². The fourth-order valence-corrected chi connectivity index (χ4v) is 3.03. The van der Waals surface area contributed by atoms with Crippen molar-refractivity contribution in [2.75, 3.05) is 20.3 Å². The fourth-order valence-electron chi connectivity index (χ4n) is 1.68. The molecular formula is C14H21NO5S. The number of hydrogen-bond donors (Lipinski definition) is 0. The number of amides is 1. The summed E-state index contributed by atoms with van der Waals surface area (Å²) >= 11 is 0. The van der Waals surface area contributed by atoms with Crippen LogP contribution in [0.4, 0.5) is 4.79 Å². The van der Waals surface area contributed by atoms with Crippen molar-refractivity contribution < 1.29 is 22.7 Å². The standard InChI is InChI=1S/C14H21NO5S/c1-4-6-11-15(14(16)20-5-2)21(17,18)13-9-7-12(19-3)8-10-13/h7-10H,4-6,11H2,1-3H3. The Morgan fingerprint density at radius 3 is 2.29 bits per heavy atom. The number of unbranched alkanes of at least 4 members (excludes halogenated alkanes) is 1. The molecule has 0 saturated carbocycles. The Bertz CT molecular complexity index is 553. The zero-order chi connectivity index (χ0) is 15.9. The summed E-state index contributed by atoms with van der Waals surface area (Å²) in [5.74, 6) is 0.546. The minimum Gasteiger partial charge on any atom is -0.497 e. The van der Waals surface area contributed by atoms with Crippen molar-refractivity contribution in [2.45, 2.75) is 31.6 Å². The zero-order valence-electron chi connectivity index (χ0n) is 12.5. The van der Waals surface area contributed by atoms with Crippen LogP contribution in [-0.4, -0.2) is 39.1 Å². The highest BCUT2D eigenvalue weighted by atomic mass is 32.2. The summed E-state index contributed by atoms with van der Waals surface area (Å²) < 4.78 is 35.7. The van der Waals surface area contributed by atoms with Crippen molar-refractivity contribution >= 4 is 16.1 Å². The molecule has 0 saturated heterocycles. The molecular weight excluding hydrogens is 294 g/mol. The van der Waals surface area contributed by atoms with Crippen LogP contribution in [0.2, 0.25) is 0 Å². The van der Waals surface area contributed by atoms with Gasteiger partial charge in [-0.15, -0.1) is 0 Å². The van der Waals surface area contributed by atoms with E-state index in [0.717, 1.165) is 10.7 Å². The van der Waals surface area contributed by atoms with Gasteiger partial charge in [0.2, 0.25) is 0 Å². The Morgan fingerprint density at radius 2 is 1.81 bits per heavy atom. The van der Waals surface area contributed by atoms with Crippen LogP contribution in [0.5, 0.6) is 5.75 Å². The second-order valence-electron chi connectivity index (χ2n) is 4.31. The number of carbonyl (C=O) groups excluding carboxylic acids is 1. The molecule has 0 N–H and O–H groups in total. The first-order valence-corrected chi connectivity index (χ1v) is 8.24. The van der Waals surface area contributed by atoms with Crippen molar-refractivity contribution in [3.05, 3.63) is 24.3 Å². The van der Waals surface area contributed by atoms with E-state index in [-0.39, 0.29) is 18.0 Å². The molecule has 21 heavy (non-hydrogen) atoms. The quantitative estimate of drug-likeness (QED) is 0.773. The van der Waals surface area contributed by atoms with Crippen LogP contribution >= 0.6 is 0 Å². The van der Waals surface area contributed by atoms with Gasteiger partial charge in [0, 0.05) is 6.54 Å². The van der Waals surface area contributed by atoms with E-state index >= 15 is 0 Å². The second kappa shape index (κ2) is 7.87. The Labute approximate surface area is 125 Å². The monoisotopic (exact) mass is 315 g/mol. The van der Waals surface area contributed by atoms with Gasteiger partial charge in [-0.25, -0.2) is 17.5 Å². The van der Waals surface area contributed by atoms with Crippen molar-refractivity contribution in [2.24, 2.45) is 0 Å². The molecule has 118 valence electrons. The Balaban J connectivity index is 3.09. The van der Waals surface area contributed by atoms with Gasteiger partial charge in [0.15, 0.2) is 0 Å². The number of hydrogen-bond acceptors (Lipinski definition) is 5. The van der Waals surface area contributed by atoms with E-state index in [1.807, 2.05) is 6.92 Å². The maximum absolute atomic E-state index is 12.5. The molecule has 0 radical (unpaired) electrons. The molecule has 0 unspecified atom stereocenters. The summed E-state index contributed by atoms with van der Waals surface area (Å²) in [6.45, 7) is 3.78. The highest BCUT2D eigenvalue weighted by Gasteiger charge is 2.29. The number of benzene rings is 1. The molecule has 0 aliphatic rings. The molecule has 1 amide bonds. The molecule has 6 nitrogen and oxygen atoms in total. The van der Waals surface area contributed by atoms with Gasteiger partial charge in [-0.1, -0.05) is 13.3 Å². The molecule has 0 heterocycles. The summed E-state index contributed by atoms with van der Waals surface area (Å²) in [5.41, 5.74) is 0. The average molecular weight is 315 g/mol. The molecule has 0 fully saturated rings. The first-order valence-electron chi connectivity index (χ1n) is 6.80. The first-order chi connectivity index (χ1) is 9.97. The molecule has 0 spiro atoms. The fraction of sp³-hybridized carbons (Fsp3) is 0.500. The largest absolute Gasteiger partial charge is 0.497 e. The van der Waals surface area contributed by atoms with Crippen LogP contribution in [-0.2, 0) is 14.8 Å². The molecule has 0 aromatic heterocycles. The summed E-state index contributed by atoms with van der Waals surface area (Å²) in [6.07, 6.45) is 0.504. The molecule has 1 rings (SSSR count). The Morgan fingerprint density at radius 1 is 1.19 bits per heavy atom. The highest BCUT2D eigenvalue weighted by Crippen LogP contribution is 2.20. The van der Waals surface area contributed by atoms with E-state index in [0.29, 0.717) is 12.2 Å². The lowest BCUT2D eigenvalue weighted by Gasteiger charge is -2.21. The van der Waals surface area contributed by atoms with Gasteiger partial charge in [0.05, 0.1) is 18.6 Å². The lowest BCUT2D eigenvalue weighted by atomic mass is 10.3. The molecule has 1 aromatic rings. The minimum absolute atomic E-state index is 0.0347. The minimum atomic E-state index is -3.92. The van der Waals surface area contributed by atoms with Gasteiger partial charge in [-0.3, -0.25) is 0 Å². The van der Waals surface area contributed by atoms with Gasteiger partial charge in [-0.2, -0.15) is 0 Å². The first kappa shape index (κ1) is 17.3. The Kier molecular flexibility index (Phi) is 6.48. The maximum Gasteiger partial charge on any atom is 0.423 e. The predicted octanol–water partition coefficient (Wildman–Crippen LogP) is 2.64. The third-order valence-electron chi connectivity index (χ3n) is 2.83. The molecule has 0 aliphatic carbocycles. The number of sulfonamides is 1. The third-order valence-corrected chi connectivity index (χ3v) is 4.61. The smallest absolute Gasteiger partial charge is 0.423 e. The van der Waals surface area contributed by atoms with Crippen LogP contribution in [0.15, 0.2) is 29.2 Å². The predicted molar refractivity (Wildman–Crippen MR) is 78.8 cm³/mol. The molecule has 7 heteroatoms. The number of carbonyl (C=O) groups is 1. The van der Waals surface area contributed by atoms with Gasteiger partial charge < -0.3 is 9.47 Å². The van der Waals surface area contributed by atoms with Gasteiger partial charge >= 0.3 is 6.09 Å². The van der Waals surface area contributed by atoms with Crippen molar-refractivity contribution in [1.29, 1.82) is 0 Å². The number of methoxy groups -OCH3 is 1. The van der Waals surface area contributed by atoms with Gasteiger partial charge in [0.1, 0.15) is 5.75 Å². The summed E-state index contributed by atoms with van der Waals surface area (Å²) in [5, 5.41) is 0.